The fourth-order valence-corrected chi connectivity index (χ4v) is 3.27. The number of aryl methyl sites for hydroxylation is 1. The molecule has 130 valence electrons. The summed E-state index contributed by atoms with van der Waals surface area (Å²) in [5.74, 6) is -0.0944. The van der Waals surface area contributed by atoms with Crippen LogP contribution in [0.3, 0.4) is 0 Å². The van der Waals surface area contributed by atoms with Gasteiger partial charge in [-0.2, -0.15) is 0 Å². The highest BCUT2D eigenvalue weighted by atomic mass is 16.6. The lowest BCUT2D eigenvalue weighted by Gasteiger charge is -2.22. The Bertz CT molecular complexity index is 787. The maximum absolute atomic E-state index is 12.9. The summed E-state index contributed by atoms with van der Waals surface area (Å²) in [6.07, 6.45) is 0.539. The first-order valence-corrected chi connectivity index (χ1v) is 8.31. The molecule has 3 rings (SSSR count). The van der Waals surface area contributed by atoms with Gasteiger partial charge in [-0.25, -0.2) is 0 Å². The Kier molecular flexibility index (Phi) is 5.14. The maximum atomic E-state index is 12.9. The van der Waals surface area contributed by atoms with Gasteiger partial charge in [-0.1, -0.05) is 41.6 Å². The minimum absolute atomic E-state index is 0.0877. The molecule has 1 amide bonds. The molecule has 5 heteroatoms. The lowest BCUT2D eigenvalue weighted by atomic mass is 9.98. The van der Waals surface area contributed by atoms with E-state index in [1.165, 1.54) is 7.11 Å². The van der Waals surface area contributed by atoms with E-state index in [9.17, 15) is 9.90 Å². The fourth-order valence-electron chi connectivity index (χ4n) is 3.27. The Balaban J connectivity index is 1.85. The zero-order valence-electron chi connectivity index (χ0n) is 14.5. The van der Waals surface area contributed by atoms with Gasteiger partial charge in [-0.15, -0.1) is 0 Å². The van der Waals surface area contributed by atoms with E-state index in [2.05, 4.69) is 17.3 Å². The summed E-state index contributed by atoms with van der Waals surface area (Å²) in [5, 5.41) is 13.5. The highest BCUT2D eigenvalue weighted by molar-refractivity contribution is 6.01. The largest absolute Gasteiger partial charge is 0.399 e. The van der Waals surface area contributed by atoms with Crippen molar-refractivity contribution in [3.8, 4) is 11.1 Å². The molecular formula is C20H22N2O3. The molecule has 0 spiro atoms. The minimum atomic E-state index is -0.254. The average Bonchev–Trinajstić information content (AvgIpc) is 3.05. The van der Waals surface area contributed by atoms with E-state index in [4.69, 9.17) is 4.84 Å². The standard InChI is InChI=1S/C20H22N2O3/c1-14-10-16(8-9-19(14)15-6-4-3-5-7-15)20(24)22-12-17(21-25-2)11-18(22)13-23/h3-10,18,23H,11-13H2,1-2H3/t18-/m0/s1. The van der Waals surface area contributed by atoms with Crippen LogP contribution in [-0.2, 0) is 4.84 Å². The molecule has 1 aliphatic heterocycles. The predicted octanol–water partition coefficient (Wildman–Crippen LogP) is 2.87. The number of carbonyl (C=O) groups is 1. The smallest absolute Gasteiger partial charge is 0.254 e. The third kappa shape index (κ3) is 3.56. The number of amides is 1. The van der Waals surface area contributed by atoms with Gasteiger partial charge in [0.2, 0.25) is 0 Å². The van der Waals surface area contributed by atoms with Gasteiger partial charge in [0.05, 0.1) is 24.9 Å². The summed E-state index contributed by atoms with van der Waals surface area (Å²) in [7, 11) is 1.48. The van der Waals surface area contributed by atoms with Crippen LogP contribution in [0.1, 0.15) is 22.3 Å². The second kappa shape index (κ2) is 7.49. The number of oxime groups is 1. The molecular weight excluding hydrogens is 316 g/mol. The van der Waals surface area contributed by atoms with Crippen molar-refractivity contribution in [1.29, 1.82) is 0 Å². The van der Waals surface area contributed by atoms with Gasteiger partial charge < -0.3 is 14.8 Å². The normalized spacial score (nSPS) is 18.6. The molecule has 0 radical (unpaired) electrons. The summed E-state index contributed by atoms with van der Waals surface area (Å²) in [5.41, 5.74) is 4.67. The molecule has 1 saturated heterocycles. The van der Waals surface area contributed by atoms with E-state index >= 15 is 0 Å². The van der Waals surface area contributed by atoms with E-state index in [1.807, 2.05) is 43.3 Å². The number of aliphatic hydroxyl groups excluding tert-OH is 1. The van der Waals surface area contributed by atoms with Crippen molar-refractivity contribution in [2.24, 2.45) is 5.16 Å². The number of benzene rings is 2. The van der Waals surface area contributed by atoms with Crippen LogP contribution in [0.4, 0.5) is 0 Å². The van der Waals surface area contributed by atoms with Crippen LogP contribution in [0.15, 0.2) is 53.7 Å². The Labute approximate surface area is 147 Å². The quantitative estimate of drug-likeness (QED) is 0.872. The molecule has 1 atom stereocenters. The molecule has 0 unspecified atom stereocenters. The van der Waals surface area contributed by atoms with Gasteiger partial charge in [0, 0.05) is 12.0 Å². The molecule has 1 heterocycles. The van der Waals surface area contributed by atoms with Crippen LogP contribution in [0.2, 0.25) is 0 Å². The van der Waals surface area contributed by atoms with E-state index in [0.717, 1.165) is 22.4 Å². The second-order valence-electron chi connectivity index (χ2n) is 6.21. The molecule has 1 fully saturated rings. The SMILES string of the molecule is CON=C1C[C@@H](CO)N(C(=O)c2ccc(-c3ccccc3)c(C)c2)C1. The number of hydrogen-bond donors (Lipinski definition) is 1. The molecule has 2 aromatic carbocycles. The molecule has 5 nitrogen and oxygen atoms in total. The van der Waals surface area contributed by atoms with Crippen molar-refractivity contribution in [1.82, 2.24) is 4.90 Å². The van der Waals surface area contributed by atoms with Crippen molar-refractivity contribution in [2.75, 3.05) is 20.3 Å². The highest BCUT2D eigenvalue weighted by Gasteiger charge is 2.33. The van der Waals surface area contributed by atoms with Crippen molar-refractivity contribution in [3.63, 3.8) is 0 Å². The third-order valence-electron chi connectivity index (χ3n) is 4.52. The summed E-state index contributed by atoms with van der Waals surface area (Å²) in [6, 6.07) is 15.6. The molecule has 1 N–H and O–H groups in total. The average molecular weight is 338 g/mol. The Morgan fingerprint density at radius 1 is 1.28 bits per heavy atom. The zero-order valence-corrected chi connectivity index (χ0v) is 14.5. The molecule has 25 heavy (non-hydrogen) atoms. The van der Waals surface area contributed by atoms with Gasteiger partial charge in [0.1, 0.15) is 7.11 Å². The number of nitrogens with zero attached hydrogens (tertiary/aromatic N) is 2. The van der Waals surface area contributed by atoms with E-state index in [-0.39, 0.29) is 18.6 Å². The van der Waals surface area contributed by atoms with Crippen LogP contribution in [-0.4, -0.2) is 47.9 Å². The highest BCUT2D eigenvalue weighted by Crippen LogP contribution is 2.26. The topological polar surface area (TPSA) is 62.1 Å². The monoisotopic (exact) mass is 338 g/mol. The first-order chi connectivity index (χ1) is 12.1. The van der Waals surface area contributed by atoms with Gasteiger partial charge in [0.25, 0.3) is 5.91 Å². The summed E-state index contributed by atoms with van der Waals surface area (Å²) < 4.78 is 0. The lowest BCUT2D eigenvalue weighted by molar-refractivity contribution is 0.0680. The maximum Gasteiger partial charge on any atom is 0.254 e. The number of hydrogen-bond acceptors (Lipinski definition) is 4. The molecule has 2 aromatic rings. The first-order valence-electron chi connectivity index (χ1n) is 8.31. The first kappa shape index (κ1) is 17.2. The van der Waals surface area contributed by atoms with Crippen molar-refractivity contribution in [2.45, 2.75) is 19.4 Å². The Morgan fingerprint density at radius 2 is 2.04 bits per heavy atom. The molecule has 0 bridgehead atoms. The molecule has 1 aliphatic rings. The Hall–Kier alpha value is -2.66. The van der Waals surface area contributed by atoms with E-state index < -0.39 is 0 Å². The molecule has 0 aliphatic carbocycles. The van der Waals surface area contributed by atoms with Gasteiger partial charge in [-0.3, -0.25) is 4.79 Å². The van der Waals surface area contributed by atoms with Crippen LogP contribution in [0.25, 0.3) is 11.1 Å². The third-order valence-corrected chi connectivity index (χ3v) is 4.52. The minimum Gasteiger partial charge on any atom is -0.399 e. The zero-order chi connectivity index (χ0) is 17.8. The summed E-state index contributed by atoms with van der Waals surface area (Å²) >= 11 is 0. The summed E-state index contributed by atoms with van der Waals surface area (Å²) in [4.78, 5) is 19.4. The summed E-state index contributed by atoms with van der Waals surface area (Å²) in [6.45, 7) is 2.30. The predicted molar refractivity (Wildman–Crippen MR) is 97.6 cm³/mol. The van der Waals surface area contributed by atoms with Crippen LogP contribution in [0, 0.1) is 6.92 Å². The van der Waals surface area contributed by atoms with E-state index in [0.29, 0.717) is 18.5 Å². The number of rotatable bonds is 4. The van der Waals surface area contributed by atoms with Crippen LogP contribution < -0.4 is 0 Å². The van der Waals surface area contributed by atoms with Crippen LogP contribution >= 0.6 is 0 Å². The van der Waals surface area contributed by atoms with Crippen LogP contribution in [0.5, 0.6) is 0 Å². The van der Waals surface area contributed by atoms with Crippen molar-refractivity contribution < 1.29 is 14.7 Å². The number of likely N-dealkylation sites (tertiary alicyclic amines) is 1. The number of carbonyl (C=O) groups excluding carboxylic acids is 1. The molecule has 0 saturated carbocycles. The van der Waals surface area contributed by atoms with Crippen molar-refractivity contribution >= 4 is 11.6 Å². The van der Waals surface area contributed by atoms with Gasteiger partial charge in [-0.05, 0) is 35.7 Å². The second-order valence-corrected chi connectivity index (χ2v) is 6.21. The van der Waals surface area contributed by atoms with Gasteiger partial charge in [0.15, 0.2) is 0 Å². The Morgan fingerprint density at radius 3 is 2.68 bits per heavy atom. The van der Waals surface area contributed by atoms with E-state index in [1.54, 1.807) is 4.90 Å². The fraction of sp³-hybridized carbons (Fsp3) is 0.300. The van der Waals surface area contributed by atoms with Gasteiger partial charge >= 0.3 is 0 Å². The number of aliphatic hydroxyl groups is 1. The molecule has 0 aromatic heterocycles. The lowest BCUT2D eigenvalue weighted by Crippen LogP contribution is -2.37. The van der Waals surface area contributed by atoms with Crippen molar-refractivity contribution in [3.05, 3.63) is 59.7 Å².